The van der Waals surface area contributed by atoms with E-state index in [9.17, 15) is 15.0 Å². The molecule has 3 nitrogen and oxygen atoms in total. The number of fused-ring (bicyclic) bond motifs is 3. The van der Waals surface area contributed by atoms with Crippen LogP contribution >= 0.6 is 0 Å². The second-order valence-electron chi connectivity index (χ2n) is 9.21. The topological polar surface area (TPSA) is 57.5 Å². The van der Waals surface area contributed by atoms with Crippen molar-refractivity contribution in [2.45, 2.75) is 71.8 Å². The van der Waals surface area contributed by atoms with E-state index in [4.69, 9.17) is 0 Å². The SMILES string of the molecule is C=C1C(=O)CC[C@H]2[C@]3(C)CC[C@@](C)([C@H](O)CO)C[C@H]3CC[C@@]12C. The van der Waals surface area contributed by atoms with Gasteiger partial charge < -0.3 is 10.2 Å². The molecule has 0 saturated heterocycles. The predicted molar refractivity (Wildman–Crippen MR) is 90.9 cm³/mol. The molecule has 3 rings (SSSR count). The minimum absolute atomic E-state index is 0.0378. The van der Waals surface area contributed by atoms with E-state index in [-0.39, 0.29) is 28.6 Å². The van der Waals surface area contributed by atoms with Crippen molar-refractivity contribution in [1.29, 1.82) is 0 Å². The summed E-state index contributed by atoms with van der Waals surface area (Å²) in [5.74, 6) is 1.36. The molecule has 0 aromatic carbocycles. The summed E-state index contributed by atoms with van der Waals surface area (Å²) in [6.07, 6.45) is 6.17. The van der Waals surface area contributed by atoms with Crippen molar-refractivity contribution in [2.24, 2.45) is 28.1 Å². The van der Waals surface area contributed by atoms with Crippen molar-refractivity contribution in [3.05, 3.63) is 12.2 Å². The van der Waals surface area contributed by atoms with Crippen molar-refractivity contribution in [1.82, 2.24) is 0 Å². The molecule has 130 valence electrons. The molecule has 0 unspecified atom stereocenters. The molecular formula is C20H32O3. The normalized spacial score (nSPS) is 48.6. The Morgan fingerprint density at radius 3 is 2.57 bits per heavy atom. The van der Waals surface area contributed by atoms with Crippen LogP contribution in [0.3, 0.4) is 0 Å². The molecule has 0 heterocycles. The van der Waals surface area contributed by atoms with Crippen LogP contribution in [0.2, 0.25) is 0 Å². The average Bonchev–Trinajstić information content (AvgIpc) is 2.52. The number of aliphatic hydroxyl groups excluding tert-OH is 2. The highest BCUT2D eigenvalue weighted by Gasteiger charge is 2.59. The summed E-state index contributed by atoms with van der Waals surface area (Å²) in [4.78, 5) is 12.2. The monoisotopic (exact) mass is 320 g/mol. The molecule has 3 heteroatoms. The standard InChI is InChI=1S/C20H32O3/c1-13-15(22)5-6-16-19(13,3)8-7-14-11-18(2,17(23)12-21)9-10-20(14,16)4/h14,16-17,21,23H,1,5-12H2,2-4H3/t14-,16-,17-,18-,19+,20-/m1/s1. The average molecular weight is 320 g/mol. The highest BCUT2D eigenvalue weighted by molar-refractivity contribution is 5.97. The van der Waals surface area contributed by atoms with Crippen molar-refractivity contribution in [3.63, 3.8) is 0 Å². The summed E-state index contributed by atoms with van der Waals surface area (Å²) in [5, 5.41) is 19.7. The highest BCUT2D eigenvalue weighted by Crippen LogP contribution is 2.66. The van der Waals surface area contributed by atoms with Crippen molar-refractivity contribution < 1.29 is 15.0 Å². The van der Waals surface area contributed by atoms with Crippen LogP contribution in [0.25, 0.3) is 0 Å². The Morgan fingerprint density at radius 1 is 1.22 bits per heavy atom. The number of hydrogen-bond donors (Lipinski definition) is 2. The number of Topliss-reactive ketones (excluding diaryl/α,β-unsaturated/α-hetero) is 1. The van der Waals surface area contributed by atoms with E-state index in [0.29, 0.717) is 18.3 Å². The fraction of sp³-hybridized carbons (Fsp3) is 0.850. The zero-order valence-electron chi connectivity index (χ0n) is 14.9. The second kappa shape index (κ2) is 5.42. The molecule has 23 heavy (non-hydrogen) atoms. The Morgan fingerprint density at radius 2 is 1.91 bits per heavy atom. The quantitative estimate of drug-likeness (QED) is 0.766. The van der Waals surface area contributed by atoms with Gasteiger partial charge in [-0.3, -0.25) is 4.79 Å². The fourth-order valence-electron chi connectivity index (χ4n) is 6.20. The van der Waals surface area contributed by atoms with Crippen LogP contribution in [-0.2, 0) is 4.79 Å². The van der Waals surface area contributed by atoms with Crippen LogP contribution in [0.1, 0.15) is 65.7 Å². The van der Waals surface area contributed by atoms with Crippen LogP contribution in [0.5, 0.6) is 0 Å². The van der Waals surface area contributed by atoms with Gasteiger partial charge in [-0.25, -0.2) is 0 Å². The smallest absolute Gasteiger partial charge is 0.158 e. The van der Waals surface area contributed by atoms with Crippen LogP contribution in [0.4, 0.5) is 0 Å². The van der Waals surface area contributed by atoms with Gasteiger partial charge in [-0.2, -0.15) is 0 Å². The molecule has 3 aliphatic carbocycles. The van der Waals surface area contributed by atoms with Crippen molar-refractivity contribution >= 4 is 5.78 Å². The molecule has 0 aliphatic heterocycles. The van der Waals surface area contributed by atoms with E-state index >= 15 is 0 Å². The Bertz CT molecular complexity index is 527. The van der Waals surface area contributed by atoms with E-state index < -0.39 is 6.10 Å². The van der Waals surface area contributed by atoms with Crippen molar-refractivity contribution in [3.8, 4) is 0 Å². The third-order valence-corrected chi connectivity index (χ3v) is 8.12. The number of aliphatic hydroxyl groups is 2. The Balaban J connectivity index is 1.89. The predicted octanol–water partition coefficient (Wildman–Crippen LogP) is 3.49. The number of hydrogen-bond acceptors (Lipinski definition) is 3. The number of carbonyl (C=O) groups is 1. The van der Waals surface area contributed by atoms with Gasteiger partial charge in [0.15, 0.2) is 5.78 Å². The maximum absolute atomic E-state index is 12.2. The van der Waals surface area contributed by atoms with Crippen molar-refractivity contribution in [2.75, 3.05) is 6.61 Å². The Kier molecular flexibility index (Phi) is 4.04. The van der Waals surface area contributed by atoms with E-state index in [1.54, 1.807) is 0 Å². The van der Waals surface area contributed by atoms with E-state index in [2.05, 4.69) is 27.4 Å². The summed E-state index contributed by atoms with van der Waals surface area (Å²) in [6.45, 7) is 10.8. The Labute approximate surface area is 140 Å². The van der Waals surface area contributed by atoms with Crippen LogP contribution in [0.15, 0.2) is 12.2 Å². The lowest BCUT2D eigenvalue weighted by Gasteiger charge is -2.62. The van der Waals surface area contributed by atoms with Crippen LogP contribution < -0.4 is 0 Å². The molecule has 0 bridgehead atoms. The molecule has 0 amide bonds. The lowest BCUT2D eigenvalue weighted by molar-refractivity contribution is -0.144. The minimum atomic E-state index is -0.622. The van der Waals surface area contributed by atoms with E-state index in [1.165, 1.54) is 0 Å². The van der Waals surface area contributed by atoms with Crippen LogP contribution in [-0.4, -0.2) is 28.7 Å². The van der Waals surface area contributed by atoms with E-state index in [0.717, 1.165) is 44.1 Å². The van der Waals surface area contributed by atoms with Gasteiger partial charge in [0.25, 0.3) is 0 Å². The maximum atomic E-state index is 12.2. The molecule has 3 saturated carbocycles. The lowest BCUT2D eigenvalue weighted by Crippen LogP contribution is -2.56. The minimum Gasteiger partial charge on any atom is -0.394 e. The first-order chi connectivity index (χ1) is 10.7. The number of ketones is 1. The van der Waals surface area contributed by atoms with Gasteiger partial charge in [0, 0.05) is 6.42 Å². The number of carbonyl (C=O) groups excluding carboxylic acids is 1. The molecule has 3 aliphatic rings. The lowest BCUT2D eigenvalue weighted by atomic mass is 9.42. The highest BCUT2D eigenvalue weighted by atomic mass is 16.3. The first-order valence-electron chi connectivity index (χ1n) is 9.19. The largest absolute Gasteiger partial charge is 0.394 e. The zero-order chi connectivity index (χ0) is 17.0. The number of allylic oxidation sites excluding steroid dienone is 1. The summed E-state index contributed by atoms with van der Waals surface area (Å²) < 4.78 is 0. The van der Waals surface area contributed by atoms with Gasteiger partial charge in [0.05, 0.1) is 12.7 Å². The first kappa shape index (κ1) is 17.2. The maximum Gasteiger partial charge on any atom is 0.158 e. The summed E-state index contributed by atoms with van der Waals surface area (Å²) >= 11 is 0. The summed E-state index contributed by atoms with van der Waals surface area (Å²) in [6, 6.07) is 0. The van der Waals surface area contributed by atoms with Gasteiger partial charge in [-0.15, -0.1) is 0 Å². The van der Waals surface area contributed by atoms with Gasteiger partial charge in [-0.1, -0.05) is 27.4 Å². The molecular weight excluding hydrogens is 288 g/mol. The first-order valence-corrected chi connectivity index (χ1v) is 9.19. The Hall–Kier alpha value is -0.670. The zero-order valence-corrected chi connectivity index (χ0v) is 14.9. The van der Waals surface area contributed by atoms with Gasteiger partial charge in [0.2, 0.25) is 0 Å². The number of rotatable bonds is 2. The molecule has 0 spiro atoms. The molecule has 3 fully saturated rings. The molecule has 2 N–H and O–H groups in total. The van der Waals surface area contributed by atoms with Crippen LogP contribution in [0, 0.1) is 28.1 Å². The van der Waals surface area contributed by atoms with Gasteiger partial charge >= 0.3 is 0 Å². The second-order valence-corrected chi connectivity index (χ2v) is 9.21. The summed E-state index contributed by atoms with van der Waals surface area (Å²) in [7, 11) is 0. The molecule has 6 atom stereocenters. The third kappa shape index (κ3) is 2.34. The van der Waals surface area contributed by atoms with Gasteiger partial charge in [-0.05, 0) is 72.2 Å². The van der Waals surface area contributed by atoms with E-state index in [1.807, 2.05) is 0 Å². The molecule has 0 radical (unpaired) electrons. The van der Waals surface area contributed by atoms with Gasteiger partial charge in [0.1, 0.15) is 0 Å². The summed E-state index contributed by atoms with van der Waals surface area (Å²) in [5.41, 5.74) is 0.876. The molecule has 0 aromatic rings. The molecule has 0 aromatic heterocycles. The fourth-order valence-corrected chi connectivity index (χ4v) is 6.20. The third-order valence-electron chi connectivity index (χ3n) is 8.12.